The molecule has 106 valence electrons. The Morgan fingerprint density at radius 3 is 2.25 bits per heavy atom. The summed E-state index contributed by atoms with van der Waals surface area (Å²) in [6.07, 6.45) is 0.960. The molecule has 0 heterocycles. The second-order valence-electron chi connectivity index (χ2n) is 5.21. The van der Waals surface area contributed by atoms with E-state index in [0.717, 1.165) is 28.3 Å². The maximum atomic E-state index is 6.49. The lowest BCUT2D eigenvalue weighted by molar-refractivity contribution is 0.416. The smallest absolute Gasteiger partial charge is 0.127 e. The normalized spacial score (nSPS) is 10.7. The van der Waals surface area contributed by atoms with Crippen molar-refractivity contribution in [2.75, 3.05) is 7.11 Å². The van der Waals surface area contributed by atoms with Gasteiger partial charge in [-0.05, 0) is 67.6 Å². The monoisotopic (exact) mass is 288 g/mol. The number of hydrogen-bond acceptors (Lipinski definition) is 1. The fraction of sp³-hybridized carbons (Fsp3) is 0.333. The van der Waals surface area contributed by atoms with Crippen molar-refractivity contribution < 1.29 is 4.74 Å². The van der Waals surface area contributed by atoms with Gasteiger partial charge in [-0.15, -0.1) is 0 Å². The average molecular weight is 289 g/mol. The van der Waals surface area contributed by atoms with Crippen LogP contribution in [0.3, 0.4) is 0 Å². The molecule has 2 heteroatoms. The van der Waals surface area contributed by atoms with E-state index in [1.807, 2.05) is 12.1 Å². The maximum Gasteiger partial charge on any atom is 0.127 e. The minimum absolute atomic E-state index is 0.784. The molecule has 0 atom stereocenters. The molecule has 0 fully saturated rings. The summed E-state index contributed by atoms with van der Waals surface area (Å²) in [6.45, 7) is 8.50. The van der Waals surface area contributed by atoms with Crippen LogP contribution in [0.25, 0.3) is 11.1 Å². The number of benzene rings is 2. The first-order chi connectivity index (χ1) is 9.49. The Hall–Kier alpha value is -1.47. The molecular formula is C18H21ClO. The van der Waals surface area contributed by atoms with Gasteiger partial charge in [0.2, 0.25) is 0 Å². The van der Waals surface area contributed by atoms with E-state index >= 15 is 0 Å². The average Bonchev–Trinajstić information content (AvgIpc) is 2.42. The Kier molecular flexibility index (Phi) is 4.39. The van der Waals surface area contributed by atoms with Gasteiger partial charge < -0.3 is 4.74 Å². The summed E-state index contributed by atoms with van der Waals surface area (Å²) >= 11 is 6.49. The molecule has 1 nitrogen and oxygen atoms in total. The number of aryl methyl sites for hydroxylation is 3. The summed E-state index contributed by atoms with van der Waals surface area (Å²) in [5.74, 6) is 0.887. The number of methoxy groups -OCH3 is 1. The molecule has 0 unspecified atom stereocenters. The highest BCUT2D eigenvalue weighted by molar-refractivity contribution is 6.33. The zero-order chi connectivity index (χ0) is 14.9. The van der Waals surface area contributed by atoms with Gasteiger partial charge in [-0.2, -0.15) is 0 Å². The lowest BCUT2D eigenvalue weighted by atomic mass is 9.91. The highest BCUT2D eigenvalue weighted by atomic mass is 35.5. The van der Waals surface area contributed by atoms with Crippen molar-refractivity contribution in [3.8, 4) is 16.9 Å². The van der Waals surface area contributed by atoms with E-state index in [9.17, 15) is 0 Å². The van der Waals surface area contributed by atoms with Gasteiger partial charge >= 0.3 is 0 Å². The van der Waals surface area contributed by atoms with Gasteiger partial charge in [-0.3, -0.25) is 0 Å². The third kappa shape index (κ3) is 2.55. The van der Waals surface area contributed by atoms with E-state index in [-0.39, 0.29) is 0 Å². The van der Waals surface area contributed by atoms with Crippen LogP contribution < -0.4 is 4.74 Å². The van der Waals surface area contributed by atoms with Crippen LogP contribution in [0, 0.1) is 20.8 Å². The minimum atomic E-state index is 0.784. The van der Waals surface area contributed by atoms with Crippen LogP contribution in [0.4, 0.5) is 0 Å². The Balaban J connectivity index is 2.80. The predicted molar refractivity (Wildman–Crippen MR) is 87.0 cm³/mol. The molecule has 0 aliphatic carbocycles. The number of ether oxygens (including phenoxy) is 1. The van der Waals surface area contributed by atoms with E-state index in [1.165, 1.54) is 22.3 Å². The van der Waals surface area contributed by atoms with E-state index < -0.39 is 0 Å². The predicted octanol–water partition coefficient (Wildman–Crippen LogP) is 5.50. The lowest BCUT2D eigenvalue weighted by Gasteiger charge is -2.18. The Labute approximate surface area is 126 Å². The molecule has 0 bridgehead atoms. The summed E-state index contributed by atoms with van der Waals surface area (Å²) in [6, 6.07) is 8.33. The van der Waals surface area contributed by atoms with Crippen molar-refractivity contribution in [3.63, 3.8) is 0 Å². The lowest BCUT2D eigenvalue weighted by Crippen LogP contribution is -1.98. The van der Waals surface area contributed by atoms with Gasteiger partial charge in [0.25, 0.3) is 0 Å². The summed E-state index contributed by atoms with van der Waals surface area (Å²) < 4.78 is 5.56. The van der Waals surface area contributed by atoms with Crippen LogP contribution in [0.15, 0.2) is 24.3 Å². The first-order valence-electron chi connectivity index (χ1n) is 6.93. The summed E-state index contributed by atoms with van der Waals surface area (Å²) in [7, 11) is 1.71. The molecule has 0 radical (unpaired) electrons. The second-order valence-corrected chi connectivity index (χ2v) is 5.62. The van der Waals surface area contributed by atoms with Gasteiger partial charge in [0, 0.05) is 16.1 Å². The second kappa shape index (κ2) is 5.88. The first kappa shape index (κ1) is 14.9. The Morgan fingerprint density at radius 2 is 1.65 bits per heavy atom. The van der Waals surface area contributed by atoms with E-state index in [2.05, 4.69) is 39.8 Å². The van der Waals surface area contributed by atoms with Gasteiger partial charge in [0.1, 0.15) is 5.75 Å². The van der Waals surface area contributed by atoms with Crippen LogP contribution in [0.1, 0.15) is 29.2 Å². The molecule has 0 aliphatic rings. The van der Waals surface area contributed by atoms with Crippen LogP contribution in [0.2, 0.25) is 5.02 Å². The zero-order valence-electron chi connectivity index (χ0n) is 12.8. The van der Waals surface area contributed by atoms with Crippen LogP contribution >= 0.6 is 11.6 Å². The van der Waals surface area contributed by atoms with Crippen molar-refractivity contribution in [2.45, 2.75) is 34.1 Å². The molecule has 2 aromatic rings. The van der Waals surface area contributed by atoms with Crippen molar-refractivity contribution in [1.29, 1.82) is 0 Å². The van der Waals surface area contributed by atoms with Crippen molar-refractivity contribution in [1.82, 2.24) is 0 Å². The molecule has 20 heavy (non-hydrogen) atoms. The van der Waals surface area contributed by atoms with E-state index in [4.69, 9.17) is 16.3 Å². The largest absolute Gasteiger partial charge is 0.496 e. The molecule has 0 spiro atoms. The molecule has 0 saturated heterocycles. The standard InChI is InChI=1S/C18H21ClO/c1-6-14-11(2)7-8-17(20-5)18(14)15-9-12(3)13(4)10-16(15)19/h7-10H,6H2,1-5H3. The molecule has 0 aromatic heterocycles. The highest BCUT2D eigenvalue weighted by Gasteiger charge is 2.16. The zero-order valence-corrected chi connectivity index (χ0v) is 13.6. The van der Waals surface area contributed by atoms with Crippen LogP contribution in [0.5, 0.6) is 5.75 Å². The minimum Gasteiger partial charge on any atom is -0.496 e. The molecule has 0 amide bonds. The van der Waals surface area contributed by atoms with Crippen LogP contribution in [-0.2, 0) is 6.42 Å². The van der Waals surface area contributed by atoms with E-state index in [0.29, 0.717) is 0 Å². The maximum absolute atomic E-state index is 6.49. The van der Waals surface area contributed by atoms with Gasteiger partial charge in [0.15, 0.2) is 0 Å². The summed E-state index contributed by atoms with van der Waals surface area (Å²) in [4.78, 5) is 0. The van der Waals surface area contributed by atoms with Crippen LogP contribution in [-0.4, -0.2) is 7.11 Å². The van der Waals surface area contributed by atoms with Gasteiger partial charge in [-0.1, -0.05) is 24.6 Å². The fourth-order valence-electron chi connectivity index (χ4n) is 2.62. The molecule has 2 aromatic carbocycles. The third-order valence-electron chi connectivity index (χ3n) is 3.94. The number of hydrogen-bond donors (Lipinski definition) is 0. The molecule has 0 saturated carbocycles. The Morgan fingerprint density at radius 1 is 1.00 bits per heavy atom. The van der Waals surface area contributed by atoms with Crippen molar-refractivity contribution in [3.05, 3.63) is 51.5 Å². The third-order valence-corrected chi connectivity index (χ3v) is 4.25. The number of rotatable bonds is 3. The Bertz CT molecular complexity index is 644. The van der Waals surface area contributed by atoms with Gasteiger partial charge in [-0.25, -0.2) is 0 Å². The molecule has 0 aliphatic heterocycles. The van der Waals surface area contributed by atoms with Gasteiger partial charge in [0.05, 0.1) is 7.11 Å². The summed E-state index contributed by atoms with van der Waals surface area (Å²) in [5.41, 5.74) is 7.22. The molecule has 2 rings (SSSR count). The highest BCUT2D eigenvalue weighted by Crippen LogP contribution is 2.40. The van der Waals surface area contributed by atoms with Crippen molar-refractivity contribution >= 4 is 11.6 Å². The first-order valence-corrected chi connectivity index (χ1v) is 7.31. The molecule has 0 N–H and O–H groups in total. The number of halogens is 1. The molecular weight excluding hydrogens is 268 g/mol. The fourth-order valence-corrected chi connectivity index (χ4v) is 2.94. The quantitative estimate of drug-likeness (QED) is 0.724. The topological polar surface area (TPSA) is 9.23 Å². The summed E-state index contributed by atoms with van der Waals surface area (Å²) in [5, 5.41) is 0.784. The van der Waals surface area contributed by atoms with Crippen molar-refractivity contribution in [2.24, 2.45) is 0 Å². The SMILES string of the molecule is CCc1c(C)ccc(OC)c1-c1cc(C)c(C)cc1Cl. The van der Waals surface area contributed by atoms with E-state index in [1.54, 1.807) is 7.11 Å².